The minimum absolute atomic E-state index is 0.311. The SMILES string of the molecule is Oc1cccc2ccc3cc(Cl)ccc3c12. The van der Waals surface area contributed by atoms with Crippen LogP contribution in [0.15, 0.2) is 48.5 Å². The van der Waals surface area contributed by atoms with E-state index in [9.17, 15) is 5.11 Å². The third-order valence-corrected chi connectivity index (χ3v) is 3.04. The molecule has 0 aromatic heterocycles. The smallest absolute Gasteiger partial charge is 0.124 e. The normalized spacial score (nSPS) is 11.1. The highest BCUT2D eigenvalue weighted by Gasteiger charge is 2.04. The van der Waals surface area contributed by atoms with Crippen molar-refractivity contribution in [2.45, 2.75) is 0 Å². The van der Waals surface area contributed by atoms with Gasteiger partial charge < -0.3 is 5.11 Å². The number of benzene rings is 3. The molecule has 3 aromatic rings. The molecule has 0 heterocycles. The highest BCUT2D eigenvalue weighted by Crippen LogP contribution is 2.33. The maximum Gasteiger partial charge on any atom is 0.124 e. The minimum atomic E-state index is 0.311. The van der Waals surface area contributed by atoms with Crippen molar-refractivity contribution in [3.63, 3.8) is 0 Å². The molecule has 0 saturated carbocycles. The first-order valence-corrected chi connectivity index (χ1v) is 5.43. The largest absolute Gasteiger partial charge is 0.507 e. The van der Waals surface area contributed by atoms with Crippen molar-refractivity contribution in [1.82, 2.24) is 0 Å². The number of hydrogen-bond acceptors (Lipinski definition) is 1. The molecule has 0 amide bonds. The Kier molecular flexibility index (Phi) is 2.01. The lowest BCUT2D eigenvalue weighted by Crippen LogP contribution is -1.78. The van der Waals surface area contributed by atoms with Crippen LogP contribution < -0.4 is 0 Å². The summed E-state index contributed by atoms with van der Waals surface area (Å²) in [5.41, 5.74) is 0. The molecular weight excluding hydrogens is 220 g/mol. The van der Waals surface area contributed by atoms with Gasteiger partial charge in [0, 0.05) is 10.4 Å². The van der Waals surface area contributed by atoms with E-state index in [1.807, 2.05) is 42.5 Å². The molecule has 2 heteroatoms. The van der Waals surface area contributed by atoms with E-state index in [-0.39, 0.29) is 0 Å². The zero-order valence-electron chi connectivity index (χ0n) is 8.44. The van der Waals surface area contributed by atoms with Crippen LogP contribution in [-0.4, -0.2) is 5.11 Å². The average Bonchev–Trinajstić information content (AvgIpc) is 2.29. The average molecular weight is 229 g/mol. The predicted octanol–water partition coefficient (Wildman–Crippen LogP) is 4.35. The van der Waals surface area contributed by atoms with E-state index in [1.165, 1.54) is 0 Å². The lowest BCUT2D eigenvalue weighted by molar-refractivity contribution is 0.482. The Morgan fingerprint density at radius 1 is 0.875 bits per heavy atom. The lowest BCUT2D eigenvalue weighted by Gasteiger charge is -2.05. The number of phenolic OH excluding ortho intramolecular Hbond substituents is 1. The first kappa shape index (κ1) is 9.49. The van der Waals surface area contributed by atoms with Crippen LogP contribution in [0, 0.1) is 0 Å². The quantitative estimate of drug-likeness (QED) is 0.567. The highest BCUT2D eigenvalue weighted by atomic mass is 35.5. The molecule has 0 saturated heterocycles. The Morgan fingerprint density at radius 2 is 1.69 bits per heavy atom. The van der Waals surface area contributed by atoms with Crippen LogP contribution in [0.5, 0.6) is 5.75 Å². The summed E-state index contributed by atoms with van der Waals surface area (Å²) in [4.78, 5) is 0. The van der Waals surface area contributed by atoms with Gasteiger partial charge in [0.05, 0.1) is 0 Å². The fourth-order valence-corrected chi connectivity index (χ4v) is 2.25. The molecular formula is C14H9ClO. The van der Waals surface area contributed by atoms with Gasteiger partial charge in [-0.05, 0) is 34.4 Å². The first-order valence-electron chi connectivity index (χ1n) is 5.06. The Bertz CT molecular complexity index is 689. The Morgan fingerprint density at radius 3 is 2.56 bits per heavy atom. The van der Waals surface area contributed by atoms with Crippen molar-refractivity contribution in [2.24, 2.45) is 0 Å². The van der Waals surface area contributed by atoms with E-state index in [1.54, 1.807) is 6.07 Å². The summed E-state index contributed by atoms with van der Waals surface area (Å²) in [5, 5.41) is 14.6. The number of hydrogen-bond donors (Lipinski definition) is 1. The van der Waals surface area contributed by atoms with E-state index in [0.717, 1.165) is 21.5 Å². The molecule has 0 atom stereocenters. The Balaban J connectivity index is 2.58. The molecule has 0 unspecified atom stereocenters. The summed E-state index contributed by atoms with van der Waals surface area (Å²) in [6.45, 7) is 0. The zero-order chi connectivity index (χ0) is 11.1. The molecule has 0 radical (unpaired) electrons. The standard InChI is InChI=1S/C14H9ClO/c15-11-6-7-12-10(8-11)5-4-9-2-1-3-13(16)14(9)12/h1-8,16H. The zero-order valence-corrected chi connectivity index (χ0v) is 9.20. The van der Waals surface area contributed by atoms with Gasteiger partial charge in [-0.25, -0.2) is 0 Å². The molecule has 1 N–H and O–H groups in total. The Hall–Kier alpha value is -1.73. The van der Waals surface area contributed by atoms with Crippen LogP contribution in [0.4, 0.5) is 0 Å². The molecule has 0 aliphatic heterocycles. The molecule has 0 spiro atoms. The summed E-state index contributed by atoms with van der Waals surface area (Å²) >= 11 is 5.95. The number of phenols is 1. The van der Waals surface area contributed by atoms with E-state index < -0.39 is 0 Å². The minimum Gasteiger partial charge on any atom is -0.507 e. The second kappa shape index (κ2) is 3.39. The number of fused-ring (bicyclic) bond motifs is 3. The molecule has 16 heavy (non-hydrogen) atoms. The van der Waals surface area contributed by atoms with Crippen LogP contribution in [-0.2, 0) is 0 Å². The van der Waals surface area contributed by atoms with Gasteiger partial charge in [0.1, 0.15) is 5.75 Å². The molecule has 0 aliphatic carbocycles. The molecule has 0 fully saturated rings. The molecule has 0 bridgehead atoms. The van der Waals surface area contributed by atoms with Gasteiger partial charge in [0.2, 0.25) is 0 Å². The molecule has 3 aromatic carbocycles. The topological polar surface area (TPSA) is 20.2 Å². The van der Waals surface area contributed by atoms with E-state index in [0.29, 0.717) is 10.8 Å². The Labute approximate surface area is 97.9 Å². The first-order chi connectivity index (χ1) is 7.75. The number of halogens is 1. The fourth-order valence-electron chi connectivity index (χ4n) is 2.07. The third-order valence-electron chi connectivity index (χ3n) is 2.80. The van der Waals surface area contributed by atoms with Gasteiger partial charge in [-0.15, -0.1) is 0 Å². The number of rotatable bonds is 0. The van der Waals surface area contributed by atoms with Crippen molar-refractivity contribution >= 4 is 33.1 Å². The van der Waals surface area contributed by atoms with Crippen LogP contribution in [0.3, 0.4) is 0 Å². The van der Waals surface area contributed by atoms with Crippen LogP contribution in [0.25, 0.3) is 21.5 Å². The maximum atomic E-state index is 9.91. The summed E-state index contributed by atoms with van der Waals surface area (Å²) in [5.74, 6) is 0.311. The van der Waals surface area contributed by atoms with Gasteiger partial charge in [0.25, 0.3) is 0 Å². The van der Waals surface area contributed by atoms with Gasteiger partial charge >= 0.3 is 0 Å². The van der Waals surface area contributed by atoms with Gasteiger partial charge in [0.15, 0.2) is 0 Å². The third kappa shape index (κ3) is 1.33. The van der Waals surface area contributed by atoms with Gasteiger partial charge in [-0.1, -0.05) is 41.9 Å². The number of aromatic hydroxyl groups is 1. The van der Waals surface area contributed by atoms with Crippen molar-refractivity contribution in [3.05, 3.63) is 53.6 Å². The van der Waals surface area contributed by atoms with E-state index in [2.05, 4.69) is 0 Å². The van der Waals surface area contributed by atoms with Crippen molar-refractivity contribution in [2.75, 3.05) is 0 Å². The molecule has 3 rings (SSSR count). The van der Waals surface area contributed by atoms with Crippen molar-refractivity contribution in [1.29, 1.82) is 0 Å². The summed E-state index contributed by atoms with van der Waals surface area (Å²) in [7, 11) is 0. The van der Waals surface area contributed by atoms with E-state index in [4.69, 9.17) is 11.6 Å². The fraction of sp³-hybridized carbons (Fsp3) is 0. The second-order valence-electron chi connectivity index (χ2n) is 3.81. The van der Waals surface area contributed by atoms with Crippen LogP contribution in [0.2, 0.25) is 5.02 Å². The van der Waals surface area contributed by atoms with Crippen LogP contribution >= 0.6 is 11.6 Å². The van der Waals surface area contributed by atoms with Crippen molar-refractivity contribution in [3.8, 4) is 5.75 Å². The molecule has 78 valence electrons. The summed E-state index contributed by atoms with van der Waals surface area (Å²) in [6, 6.07) is 15.2. The summed E-state index contributed by atoms with van der Waals surface area (Å²) in [6.07, 6.45) is 0. The van der Waals surface area contributed by atoms with Gasteiger partial charge in [-0.3, -0.25) is 0 Å². The maximum absolute atomic E-state index is 9.91. The monoisotopic (exact) mass is 228 g/mol. The predicted molar refractivity (Wildman–Crippen MR) is 68.1 cm³/mol. The lowest BCUT2D eigenvalue weighted by atomic mass is 10.0. The van der Waals surface area contributed by atoms with Crippen molar-refractivity contribution < 1.29 is 5.11 Å². The molecule has 1 nitrogen and oxygen atoms in total. The molecule has 0 aliphatic rings. The van der Waals surface area contributed by atoms with E-state index >= 15 is 0 Å². The highest BCUT2D eigenvalue weighted by molar-refractivity contribution is 6.31. The van der Waals surface area contributed by atoms with Crippen LogP contribution in [0.1, 0.15) is 0 Å². The second-order valence-corrected chi connectivity index (χ2v) is 4.24. The van der Waals surface area contributed by atoms with Gasteiger partial charge in [-0.2, -0.15) is 0 Å². The summed E-state index contributed by atoms with van der Waals surface area (Å²) < 4.78 is 0.